The van der Waals surface area contributed by atoms with E-state index in [0.717, 1.165) is 18.8 Å². The van der Waals surface area contributed by atoms with Gasteiger partial charge in [-0.05, 0) is 18.8 Å². The van der Waals surface area contributed by atoms with Crippen LogP contribution in [0.4, 0.5) is 5.69 Å². The maximum atomic E-state index is 11.8. The van der Waals surface area contributed by atoms with Crippen LogP contribution in [0.5, 0.6) is 0 Å². The first-order valence-electron chi connectivity index (χ1n) is 6.13. The fourth-order valence-corrected chi connectivity index (χ4v) is 2.47. The van der Waals surface area contributed by atoms with Crippen LogP contribution >= 0.6 is 12.6 Å². The lowest BCUT2D eigenvalue weighted by Gasteiger charge is -2.32. The molecule has 1 fully saturated rings. The number of hydrogen-bond acceptors (Lipinski definition) is 4. The Kier molecular flexibility index (Phi) is 4.10. The summed E-state index contributed by atoms with van der Waals surface area (Å²) in [6.07, 6.45) is 4.27. The van der Waals surface area contributed by atoms with Crippen LogP contribution in [0.2, 0.25) is 0 Å². The van der Waals surface area contributed by atoms with E-state index in [1.54, 1.807) is 12.3 Å². The summed E-state index contributed by atoms with van der Waals surface area (Å²) in [5.74, 6) is 1.33. The van der Waals surface area contributed by atoms with Gasteiger partial charge in [0.15, 0.2) is 0 Å². The molecule has 0 N–H and O–H groups in total. The minimum Gasteiger partial charge on any atom is -0.370 e. The summed E-state index contributed by atoms with van der Waals surface area (Å²) >= 11 is 4.11. The first-order valence-corrected chi connectivity index (χ1v) is 6.77. The number of aromatic nitrogens is 2. The van der Waals surface area contributed by atoms with Crippen molar-refractivity contribution in [1.82, 2.24) is 9.78 Å². The molecule has 0 radical (unpaired) electrons. The molecule has 1 aromatic heterocycles. The highest BCUT2D eigenvalue weighted by molar-refractivity contribution is 7.80. The molecule has 0 saturated carbocycles. The van der Waals surface area contributed by atoms with Gasteiger partial charge < -0.3 is 4.90 Å². The average Bonchev–Trinajstić information content (AvgIpc) is 2.32. The van der Waals surface area contributed by atoms with Crippen LogP contribution in [0, 0.1) is 5.92 Å². The molecule has 2 heterocycles. The molecule has 0 bridgehead atoms. The lowest BCUT2D eigenvalue weighted by molar-refractivity contribution is 0.445. The van der Waals surface area contributed by atoms with Gasteiger partial charge in [0, 0.05) is 24.9 Å². The zero-order valence-corrected chi connectivity index (χ0v) is 11.1. The van der Waals surface area contributed by atoms with Crippen LogP contribution in [0.1, 0.15) is 19.8 Å². The number of nitrogens with zero attached hydrogens (tertiary/aromatic N) is 3. The summed E-state index contributed by atoms with van der Waals surface area (Å²) in [4.78, 5) is 14.1. The maximum absolute atomic E-state index is 11.8. The SMILES string of the molecule is CC1CCCN(c2cnn(CCS)c(=O)c2)C1. The lowest BCUT2D eigenvalue weighted by Crippen LogP contribution is -2.35. The van der Waals surface area contributed by atoms with Crippen LogP contribution < -0.4 is 10.5 Å². The fraction of sp³-hybridized carbons (Fsp3) is 0.667. The zero-order chi connectivity index (χ0) is 12.3. The monoisotopic (exact) mass is 253 g/mol. The van der Waals surface area contributed by atoms with Crippen LogP contribution in [0.25, 0.3) is 0 Å². The molecule has 1 aliphatic heterocycles. The van der Waals surface area contributed by atoms with Gasteiger partial charge in [-0.3, -0.25) is 4.79 Å². The Morgan fingerprint density at radius 2 is 2.41 bits per heavy atom. The smallest absolute Gasteiger partial charge is 0.268 e. The average molecular weight is 253 g/mol. The van der Waals surface area contributed by atoms with Gasteiger partial charge in [0.2, 0.25) is 0 Å². The van der Waals surface area contributed by atoms with Crippen LogP contribution in [0.3, 0.4) is 0 Å². The molecule has 1 atom stereocenters. The molecule has 1 aromatic rings. The Hall–Kier alpha value is -0.970. The first-order chi connectivity index (χ1) is 8.20. The van der Waals surface area contributed by atoms with E-state index >= 15 is 0 Å². The van der Waals surface area contributed by atoms with Crippen molar-refractivity contribution in [1.29, 1.82) is 0 Å². The summed E-state index contributed by atoms with van der Waals surface area (Å²) in [7, 11) is 0. The van der Waals surface area contributed by atoms with Crippen LogP contribution in [-0.4, -0.2) is 28.6 Å². The van der Waals surface area contributed by atoms with Crippen molar-refractivity contribution in [3.05, 3.63) is 22.6 Å². The van der Waals surface area contributed by atoms with Gasteiger partial charge >= 0.3 is 0 Å². The largest absolute Gasteiger partial charge is 0.370 e. The highest BCUT2D eigenvalue weighted by atomic mass is 32.1. The summed E-state index contributed by atoms with van der Waals surface area (Å²) in [6, 6.07) is 1.69. The lowest BCUT2D eigenvalue weighted by atomic mass is 10.00. The van der Waals surface area contributed by atoms with Gasteiger partial charge in [-0.25, -0.2) is 4.68 Å². The van der Waals surface area contributed by atoms with E-state index in [-0.39, 0.29) is 5.56 Å². The van der Waals surface area contributed by atoms with E-state index in [9.17, 15) is 4.79 Å². The Bertz CT molecular complexity index is 432. The summed E-state index contributed by atoms with van der Waals surface area (Å²) in [5, 5.41) is 4.18. The number of aryl methyl sites for hydroxylation is 1. The standard InChI is InChI=1S/C12H19N3OS/c1-10-3-2-4-14(9-10)11-7-12(16)15(5-6-17)13-8-11/h7-8,10,17H,2-6,9H2,1H3. The molecule has 0 amide bonds. The molecule has 2 rings (SSSR count). The second-order valence-corrected chi connectivity index (χ2v) is 5.14. The van der Waals surface area contributed by atoms with Crippen molar-refractivity contribution < 1.29 is 0 Å². The number of piperidine rings is 1. The van der Waals surface area contributed by atoms with Gasteiger partial charge in [-0.15, -0.1) is 0 Å². The molecule has 4 nitrogen and oxygen atoms in total. The van der Waals surface area contributed by atoms with Gasteiger partial charge in [0.05, 0.1) is 18.4 Å². The second kappa shape index (κ2) is 5.58. The van der Waals surface area contributed by atoms with E-state index in [1.807, 2.05) is 0 Å². The topological polar surface area (TPSA) is 38.1 Å². The quantitative estimate of drug-likeness (QED) is 0.828. The van der Waals surface area contributed by atoms with Crippen molar-refractivity contribution in [2.24, 2.45) is 5.92 Å². The highest BCUT2D eigenvalue weighted by Crippen LogP contribution is 2.20. The van der Waals surface area contributed by atoms with E-state index < -0.39 is 0 Å². The normalized spacial score (nSPS) is 20.6. The molecule has 94 valence electrons. The molecule has 1 unspecified atom stereocenters. The third-order valence-corrected chi connectivity index (χ3v) is 3.39. The second-order valence-electron chi connectivity index (χ2n) is 4.69. The molecule has 0 aliphatic carbocycles. The highest BCUT2D eigenvalue weighted by Gasteiger charge is 2.17. The molecule has 0 spiro atoms. The van der Waals surface area contributed by atoms with E-state index in [4.69, 9.17) is 0 Å². The van der Waals surface area contributed by atoms with Crippen molar-refractivity contribution in [3.8, 4) is 0 Å². The maximum Gasteiger partial charge on any atom is 0.268 e. The van der Waals surface area contributed by atoms with Gasteiger partial charge in [0.25, 0.3) is 5.56 Å². The van der Waals surface area contributed by atoms with E-state index in [2.05, 4.69) is 29.6 Å². The molecule has 17 heavy (non-hydrogen) atoms. The molecule has 1 saturated heterocycles. The molecule has 1 aliphatic rings. The predicted molar refractivity (Wildman–Crippen MR) is 73.0 cm³/mol. The minimum absolute atomic E-state index is 0.0326. The van der Waals surface area contributed by atoms with E-state index in [0.29, 0.717) is 18.2 Å². The van der Waals surface area contributed by atoms with Crippen molar-refractivity contribution in [2.75, 3.05) is 23.7 Å². The van der Waals surface area contributed by atoms with Crippen LogP contribution in [-0.2, 0) is 6.54 Å². The number of rotatable bonds is 3. The minimum atomic E-state index is -0.0326. The van der Waals surface area contributed by atoms with Crippen LogP contribution in [0.15, 0.2) is 17.1 Å². The van der Waals surface area contributed by atoms with Crippen molar-refractivity contribution in [2.45, 2.75) is 26.3 Å². The number of hydrogen-bond donors (Lipinski definition) is 1. The summed E-state index contributed by atoms with van der Waals surface area (Å²) in [6.45, 7) is 4.88. The van der Waals surface area contributed by atoms with E-state index in [1.165, 1.54) is 17.5 Å². The molecular weight excluding hydrogens is 234 g/mol. The molecular formula is C12H19N3OS. The Morgan fingerprint density at radius 3 is 3.06 bits per heavy atom. The molecule has 0 aromatic carbocycles. The first kappa shape index (κ1) is 12.5. The Morgan fingerprint density at radius 1 is 1.59 bits per heavy atom. The Labute approximate surface area is 107 Å². The van der Waals surface area contributed by atoms with Gasteiger partial charge in [-0.1, -0.05) is 6.92 Å². The third kappa shape index (κ3) is 3.03. The fourth-order valence-electron chi connectivity index (χ4n) is 2.28. The summed E-state index contributed by atoms with van der Waals surface area (Å²) < 4.78 is 1.46. The molecule has 5 heteroatoms. The predicted octanol–water partition coefficient (Wildman–Crippen LogP) is 1.41. The number of anilines is 1. The van der Waals surface area contributed by atoms with Crippen molar-refractivity contribution >= 4 is 18.3 Å². The van der Waals surface area contributed by atoms with Crippen molar-refractivity contribution in [3.63, 3.8) is 0 Å². The van der Waals surface area contributed by atoms with Gasteiger partial charge in [-0.2, -0.15) is 17.7 Å². The number of thiol groups is 1. The van der Waals surface area contributed by atoms with Gasteiger partial charge in [0.1, 0.15) is 0 Å². The zero-order valence-electron chi connectivity index (χ0n) is 10.2. The Balaban J connectivity index is 2.16. The third-order valence-electron chi connectivity index (χ3n) is 3.19. The summed E-state index contributed by atoms with van der Waals surface area (Å²) in [5.41, 5.74) is 0.923.